The Morgan fingerprint density at radius 2 is 1.44 bits per heavy atom. The Bertz CT molecular complexity index is 658. The van der Waals surface area contributed by atoms with Gasteiger partial charge in [0.1, 0.15) is 0 Å². The van der Waals surface area contributed by atoms with Crippen LogP contribution in [0.5, 0.6) is 0 Å². The molecule has 0 radical (unpaired) electrons. The van der Waals surface area contributed by atoms with Crippen molar-refractivity contribution in [2.24, 2.45) is 0 Å². The van der Waals surface area contributed by atoms with Gasteiger partial charge in [0.15, 0.2) is 0 Å². The Labute approximate surface area is 108 Å². The second kappa shape index (κ2) is 4.66. The standard InChI is InChI=1S/C18H16/c1-14-9-11-15(12-10-14)13-17-7-4-6-16-5-2-3-8-18(16)17/h2-12H,13H2,1H3. The van der Waals surface area contributed by atoms with Gasteiger partial charge in [0, 0.05) is 0 Å². The maximum absolute atomic E-state index is 2.22. The first-order valence-corrected chi connectivity index (χ1v) is 6.35. The van der Waals surface area contributed by atoms with E-state index in [9.17, 15) is 0 Å². The van der Waals surface area contributed by atoms with Crippen LogP contribution in [0.4, 0.5) is 0 Å². The molecular formula is C18H16. The molecule has 0 aliphatic heterocycles. The van der Waals surface area contributed by atoms with E-state index in [0.29, 0.717) is 0 Å². The lowest BCUT2D eigenvalue weighted by Crippen LogP contribution is -1.89. The predicted octanol–water partition coefficient (Wildman–Crippen LogP) is 4.74. The van der Waals surface area contributed by atoms with Crippen LogP contribution in [0.25, 0.3) is 10.8 Å². The van der Waals surface area contributed by atoms with Crippen LogP contribution in [-0.4, -0.2) is 0 Å². The Hall–Kier alpha value is -2.08. The Morgan fingerprint density at radius 1 is 0.722 bits per heavy atom. The van der Waals surface area contributed by atoms with E-state index in [1.165, 1.54) is 27.5 Å². The van der Waals surface area contributed by atoms with Crippen molar-refractivity contribution < 1.29 is 0 Å². The highest BCUT2D eigenvalue weighted by Crippen LogP contribution is 2.21. The lowest BCUT2D eigenvalue weighted by Gasteiger charge is -2.07. The molecule has 3 aromatic carbocycles. The smallest absolute Gasteiger partial charge is 0.00196 e. The molecule has 3 aromatic rings. The average molecular weight is 232 g/mol. The number of aryl methyl sites for hydroxylation is 1. The van der Waals surface area contributed by atoms with Gasteiger partial charge in [-0.1, -0.05) is 72.3 Å². The van der Waals surface area contributed by atoms with Crippen LogP contribution in [0.1, 0.15) is 16.7 Å². The van der Waals surface area contributed by atoms with E-state index >= 15 is 0 Å². The topological polar surface area (TPSA) is 0 Å². The first-order chi connectivity index (χ1) is 8.83. The van der Waals surface area contributed by atoms with E-state index in [0.717, 1.165) is 6.42 Å². The van der Waals surface area contributed by atoms with Crippen LogP contribution in [0.2, 0.25) is 0 Å². The largest absolute Gasteiger partial charge is 0.0616 e. The fourth-order valence-electron chi connectivity index (χ4n) is 2.37. The summed E-state index contributed by atoms with van der Waals surface area (Å²) >= 11 is 0. The van der Waals surface area contributed by atoms with Gasteiger partial charge in [-0.25, -0.2) is 0 Å². The molecular weight excluding hydrogens is 216 g/mol. The van der Waals surface area contributed by atoms with Gasteiger partial charge in [0.2, 0.25) is 0 Å². The molecule has 0 atom stereocenters. The normalized spacial score (nSPS) is 10.7. The van der Waals surface area contributed by atoms with Crippen molar-refractivity contribution in [2.75, 3.05) is 0 Å². The number of benzene rings is 3. The molecule has 0 aliphatic carbocycles. The summed E-state index contributed by atoms with van der Waals surface area (Å²) in [6.45, 7) is 2.13. The third kappa shape index (κ3) is 2.14. The lowest BCUT2D eigenvalue weighted by atomic mass is 9.98. The summed E-state index contributed by atoms with van der Waals surface area (Å²) in [6.07, 6.45) is 1.00. The minimum absolute atomic E-state index is 1.00. The molecule has 0 bridgehead atoms. The number of hydrogen-bond acceptors (Lipinski definition) is 0. The van der Waals surface area contributed by atoms with Gasteiger partial charge < -0.3 is 0 Å². The number of fused-ring (bicyclic) bond motifs is 1. The molecule has 0 saturated heterocycles. The maximum atomic E-state index is 2.22. The highest BCUT2D eigenvalue weighted by atomic mass is 14.1. The molecule has 0 amide bonds. The van der Waals surface area contributed by atoms with Crippen molar-refractivity contribution >= 4 is 10.8 Å². The summed E-state index contributed by atoms with van der Waals surface area (Å²) in [6, 6.07) is 23.9. The van der Waals surface area contributed by atoms with Gasteiger partial charge in [-0.05, 0) is 35.2 Å². The lowest BCUT2D eigenvalue weighted by molar-refractivity contribution is 1.21. The van der Waals surface area contributed by atoms with Gasteiger partial charge in [-0.15, -0.1) is 0 Å². The van der Waals surface area contributed by atoms with Crippen molar-refractivity contribution in [3.63, 3.8) is 0 Å². The quantitative estimate of drug-likeness (QED) is 0.598. The summed E-state index contributed by atoms with van der Waals surface area (Å²) in [5.74, 6) is 0. The van der Waals surface area contributed by atoms with E-state index in [2.05, 4.69) is 73.7 Å². The zero-order chi connectivity index (χ0) is 12.4. The molecule has 0 fully saturated rings. The van der Waals surface area contributed by atoms with Gasteiger partial charge in [0.25, 0.3) is 0 Å². The van der Waals surface area contributed by atoms with Crippen molar-refractivity contribution in [1.29, 1.82) is 0 Å². The SMILES string of the molecule is Cc1ccc(Cc2cccc3ccccc23)cc1. The van der Waals surface area contributed by atoms with Crippen LogP contribution < -0.4 is 0 Å². The summed E-state index contributed by atoms with van der Waals surface area (Å²) in [5.41, 5.74) is 4.09. The molecule has 0 unspecified atom stereocenters. The van der Waals surface area contributed by atoms with Gasteiger partial charge in [-0.3, -0.25) is 0 Å². The van der Waals surface area contributed by atoms with Crippen molar-refractivity contribution in [3.8, 4) is 0 Å². The van der Waals surface area contributed by atoms with E-state index < -0.39 is 0 Å². The van der Waals surface area contributed by atoms with Crippen LogP contribution in [-0.2, 0) is 6.42 Å². The van der Waals surface area contributed by atoms with Crippen molar-refractivity contribution in [3.05, 3.63) is 83.4 Å². The molecule has 0 nitrogen and oxygen atoms in total. The molecule has 18 heavy (non-hydrogen) atoms. The van der Waals surface area contributed by atoms with E-state index in [1.807, 2.05) is 0 Å². The minimum atomic E-state index is 1.00. The molecule has 0 aliphatic rings. The second-order valence-electron chi connectivity index (χ2n) is 4.80. The van der Waals surface area contributed by atoms with E-state index in [4.69, 9.17) is 0 Å². The first-order valence-electron chi connectivity index (χ1n) is 6.35. The maximum Gasteiger partial charge on any atom is -0.00196 e. The summed E-state index contributed by atoms with van der Waals surface area (Å²) in [5, 5.41) is 2.68. The zero-order valence-corrected chi connectivity index (χ0v) is 10.6. The molecule has 0 spiro atoms. The average Bonchev–Trinajstić information content (AvgIpc) is 2.42. The highest BCUT2D eigenvalue weighted by molar-refractivity contribution is 5.85. The molecule has 3 rings (SSSR count). The molecule has 0 saturated carbocycles. The van der Waals surface area contributed by atoms with Gasteiger partial charge >= 0.3 is 0 Å². The molecule has 0 heterocycles. The van der Waals surface area contributed by atoms with E-state index in [1.54, 1.807) is 0 Å². The summed E-state index contributed by atoms with van der Waals surface area (Å²) < 4.78 is 0. The second-order valence-corrected chi connectivity index (χ2v) is 4.80. The van der Waals surface area contributed by atoms with E-state index in [-0.39, 0.29) is 0 Å². The third-order valence-electron chi connectivity index (χ3n) is 3.40. The minimum Gasteiger partial charge on any atom is -0.0616 e. The fourth-order valence-corrected chi connectivity index (χ4v) is 2.37. The molecule has 0 aromatic heterocycles. The zero-order valence-electron chi connectivity index (χ0n) is 10.6. The van der Waals surface area contributed by atoms with Crippen molar-refractivity contribution in [2.45, 2.75) is 13.3 Å². The molecule has 0 heteroatoms. The summed E-state index contributed by atoms with van der Waals surface area (Å²) in [7, 11) is 0. The van der Waals surface area contributed by atoms with Crippen LogP contribution in [0.15, 0.2) is 66.7 Å². The third-order valence-corrected chi connectivity index (χ3v) is 3.40. The van der Waals surface area contributed by atoms with Gasteiger partial charge in [0.05, 0.1) is 0 Å². The van der Waals surface area contributed by atoms with Crippen molar-refractivity contribution in [1.82, 2.24) is 0 Å². The Kier molecular flexibility index (Phi) is 2.85. The molecule has 0 N–H and O–H groups in total. The van der Waals surface area contributed by atoms with Crippen LogP contribution in [0, 0.1) is 6.92 Å². The van der Waals surface area contributed by atoms with Crippen LogP contribution in [0.3, 0.4) is 0 Å². The monoisotopic (exact) mass is 232 g/mol. The Balaban J connectivity index is 2.02. The predicted molar refractivity (Wildman–Crippen MR) is 77.9 cm³/mol. The molecule has 88 valence electrons. The highest BCUT2D eigenvalue weighted by Gasteiger charge is 2.01. The number of rotatable bonds is 2. The summed E-state index contributed by atoms with van der Waals surface area (Å²) in [4.78, 5) is 0. The first kappa shape index (κ1) is 11.0. The Morgan fingerprint density at radius 3 is 2.28 bits per heavy atom. The number of hydrogen-bond donors (Lipinski definition) is 0. The van der Waals surface area contributed by atoms with Gasteiger partial charge in [-0.2, -0.15) is 0 Å². The fraction of sp³-hybridized carbons (Fsp3) is 0.111. The van der Waals surface area contributed by atoms with Crippen LogP contribution >= 0.6 is 0 Å².